The summed E-state index contributed by atoms with van der Waals surface area (Å²) >= 11 is 0. The highest BCUT2D eigenvalue weighted by Crippen LogP contribution is 2.45. The van der Waals surface area contributed by atoms with Gasteiger partial charge in [-0.05, 0) is 71.8 Å². The maximum atomic E-state index is 15.7. The highest BCUT2D eigenvalue weighted by atomic mass is 28.3. The zero-order valence-electron chi connectivity index (χ0n) is 27.5. The molecule has 0 aliphatic carbocycles. The summed E-state index contributed by atoms with van der Waals surface area (Å²) in [4.78, 5) is 22.2. The van der Waals surface area contributed by atoms with Crippen LogP contribution in [0.1, 0.15) is 64.9 Å². The zero-order valence-corrected chi connectivity index (χ0v) is 28.5. The monoisotopic (exact) mass is 633 g/mol. The van der Waals surface area contributed by atoms with E-state index in [0.717, 1.165) is 53.2 Å². The Morgan fingerprint density at radius 3 is 2.43 bits per heavy atom. The normalized spacial score (nSPS) is 13.0. The minimum absolute atomic E-state index is 0.0299. The quantitative estimate of drug-likeness (QED) is 0.148. The fourth-order valence-corrected chi connectivity index (χ4v) is 12.5. The molecule has 10 heteroatoms. The Bertz CT molecular complexity index is 1990. The molecule has 5 heterocycles. The van der Waals surface area contributed by atoms with Gasteiger partial charge >= 0.3 is 6.01 Å². The van der Waals surface area contributed by atoms with Gasteiger partial charge in [0.2, 0.25) is 0 Å². The van der Waals surface area contributed by atoms with Crippen molar-refractivity contribution in [3.05, 3.63) is 71.8 Å². The van der Waals surface area contributed by atoms with E-state index in [1.54, 1.807) is 18.3 Å². The first-order chi connectivity index (χ1) is 22.0. The Kier molecular flexibility index (Phi) is 8.38. The van der Waals surface area contributed by atoms with Crippen molar-refractivity contribution < 1.29 is 9.13 Å². The minimum Gasteiger partial charge on any atom is -0.421 e. The summed E-state index contributed by atoms with van der Waals surface area (Å²) in [5.41, 5.74) is 18.5. The van der Waals surface area contributed by atoms with Gasteiger partial charge < -0.3 is 15.0 Å². The van der Waals surface area contributed by atoms with E-state index in [-0.39, 0.29) is 11.8 Å². The summed E-state index contributed by atoms with van der Waals surface area (Å²) in [5.74, 6) is 3.34. The van der Waals surface area contributed by atoms with Crippen LogP contribution in [0.5, 0.6) is 11.8 Å². The number of aromatic nitrogens is 6. The molecule has 8 nitrogen and oxygen atoms in total. The van der Waals surface area contributed by atoms with Crippen LogP contribution in [0, 0.1) is 24.2 Å². The molecule has 0 spiro atoms. The van der Waals surface area contributed by atoms with Crippen LogP contribution in [0.2, 0.25) is 16.6 Å². The lowest BCUT2D eigenvalue weighted by atomic mass is 9.95. The van der Waals surface area contributed by atoms with Crippen LogP contribution in [0.25, 0.3) is 33.4 Å². The number of nitrogens with zero attached hydrogens (tertiary/aromatic N) is 6. The predicted octanol–water partition coefficient (Wildman–Crippen LogP) is 8.29. The molecule has 6 rings (SSSR count). The van der Waals surface area contributed by atoms with Gasteiger partial charge in [-0.25, -0.2) is 29.3 Å². The van der Waals surface area contributed by atoms with Gasteiger partial charge in [0.25, 0.3) is 0 Å². The largest absolute Gasteiger partial charge is 0.421 e. The average Bonchev–Trinajstić information content (AvgIpc) is 3.21. The number of fused-ring (bicyclic) bond motifs is 5. The van der Waals surface area contributed by atoms with Crippen molar-refractivity contribution in [2.45, 2.75) is 84.5 Å². The number of nitrogens with two attached hydrogens (primary N) is 1. The molecule has 0 amide bonds. The third-order valence-corrected chi connectivity index (χ3v) is 15.7. The molecule has 1 aliphatic heterocycles. The van der Waals surface area contributed by atoms with Crippen LogP contribution < -0.4 is 10.5 Å². The van der Waals surface area contributed by atoms with Gasteiger partial charge in [-0.15, -0.1) is 5.54 Å². The van der Waals surface area contributed by atoms with E-state index in [9.17, 15) is 0 Å². The molecule has 0 radical (unpaired) electrons. The summed E-state index contributed by atoms with van der Waals surface area (Å²) in [6, 6.07) is 8.84. The first-order valence-electron chi connectivity index (χ1n) is 15.9. The van der Waals surface area contributed by atoms with E-state index in [4.69, 9.17) is 15.5 Å². The topological polar surface area (TPSA) is 105 Å². The molecule has 46 heavy (non-hydrogen) atoms. The lowest BCUT2D eigenvalue weighted by Crippen LogP contribution is -2.43. The molecule has 0 unspecified atom stereocenters. The van der Waals surface area contributed by atoms with Crippen LogP contribution in [-0.2, 0) is 13.0 Å². The second-order valence-corrected chi connectivity index (χ2v) is 18.6. The molecule has 2 N–H and O–H groups in total. The number of ether oxygens (including phenoxy) is 1. The van der Waals surface area contributed by atoms with Gasteiger partial charge in [0, 0.05) is 35.8 Å². The Morgan fingerprint density at radius 2 is 1.74 bits per heavy atom. The van der Waals surface area contributed by atoms with Gasteiger partial charge in [-0.3, -0.25) is 0 Å². The lowest BCUT2D eigenvalue weighted by molar-refractivity contribution is 0.410. The zero-order chi connectivity index (χ0) is 32.7. The van der Waals surface area contributed by atoms with Crippen molar-refractivity contribution in [2.75, 3.05) is 5.73 Å². The molecule has 5 aromatic rings. The number of nitrogen functional groups attached to an aromatic ring is 1. The van der Waals surface area contributed by atoms with Crippen molar-refractivity contribution in [1.82, 2.24) is 29.5 Å². The number of pyridine rings is 1. The summed E-state index contributed by atoms with van der Waals surface area (Å²) in [6.45, 7) is 16.4. The second-order valence-electron chi connectivity index (χ2n) is 13.0. The van der Waals surface area contributed by atoms with Gasteiger partial charge in [-0.2, -0.15) is 0 Å². The molecule has 0 atom stereocenters. The van der Waals surface area contributed by atoms with Gasteiger partial charge in [0.15, 0.2) is 11.6 Å². The Hall–Kier alpha value is -4.62. The molecule has 236 valence electrons. The summed E-state index contributed by atoms with van der Waals surface area (Å²) in [5, 5.41) is 0.686. The van der Waals surface area contributed by atoms with E-state index in [1.165, 1.54) is 12.4 Å². The fourth-order valence-electron chi connectivity index (χ4n) is 7.30. The van der Waals surface area contributed by atoms with Crippen molar-refractivity contribution in [3.8, 4) is 45.6 Å². The Labute approximate surface area is 270 Å². The Morgan fingerprint density at radius 1 is 0.978 bits per heavy atom. The number of aryl methyl sites for hydroxylation is 3. The van der Waals surface area contributed by atoms with E-state index >= 15 is 4.39 Å². The smallest absolute Gasteiger partial charge is 0.322 e. The summed E-state index contributed by atoms with van der Waals surface area (Å²) in [7, 11) is -1.92. The first kappa shape index (κ1) is 31.4. The van der Waals surface area contributed by atoms with Gasteiger partial charge in [0.05, 0.1) is 11.1 Å². The number of halogens is 1. The Balaban J connectivity index is 1.49. The molecule has 1 aliphatic rings. The van der Waals surface area contributed by atoms with Crippen molar-refractivity contribution in [2.24, 2.45) is 0 Å². The van der Waals surface area contributed by atoms with Crippen molar-refractivity contribution in [3.63, 3.8) is 0 Å². The molecular formula is C36H40FN7OSi. The van der Waals surface area contributed by atoms with E-state index in [0.29, 0.717) is 39.0 Å². The molecule has 4 aromatic heterocycles. The van der Waals surface area contributed by atoms with Crippen LogP contribution in [0.15, 0.2) is 49.1 Å². The van der Waals surface area contributed by atoms with E-state index < -0.39 is 13.9 Å². The van der Waals surface area contributed by atoms with E-state index in [2.05, 4.69) is 83.6 Å². The number of benzene rings is 1. The summed E-state index contributed by atoms with van der Waals surface area (Å²) in [6.07, 6.45) is 6.72. The fraction of sp³-hybridized carbons (Fsp3) is 0.361. The molecule has 0 fully saturated rings. The highest BCUT2D eigenvalue weighted by molar-refractivity contribution is 6.90. The number of hydrogen-bond donors (Lipinski definition) is 1. The molecule has 0 bridgehead atoms. The summed E-state index contributed by atoms with van der Waals surface area (Å²) < 4.78 is 23.5. The van der Waals surface area contributed by atoms with Gasteiger partial charge in [0.1, 0.15) is 31.6 Å². The average molecular weight is 634 g/mol. The van der Waals surface area contributed by atoms with E-state index in [1.807, 2.05) is 19.2 Å². The lowest BCUT2D eigenvalue weighted by Gasteiger charge is -2.38. The molecule has 1 aromatic carbocycles. The number of rotatable bonds is 6. The first-order valence-corrected chi connectivity index (χ1v) is 18.2. The maximum absolute atomic E-state index is 15.7. The predicted molar refractivity (Wildman–Crippen MR) is 184 cm³/mol. The molecular weight excluding hydrogens is 594 g/mol. The third-order valence-electron chi connectivity index (χ3n) is 9.41. The standard InChI is InChI=1S/C36H40FN7OSi/c1-21(2)46(22(3)4,23(5)6)16-13-27-17-25-9-8-15-44-33(28(25)19-40-27)31(32-34(38)41-20-42-35(32)44)26-10-11-30(29(37)18-26)45-36-39-14-12-24(7)43-36/h10-12,14,17-23H,8-9,15H2,1-7H3,(H2,38,41,42). The second kappa shape index (κ2) is 12.3. The minimum atomic E-state index is -1.92. The molecule has 0 saturated heterocycles. The van der Waals surface area contributed by atoms with Crippen molar-refractivity contribution >= 4 is 24.9 Å². The SMILES string of the molecule is Cc1ccnc(Oc2ccc(-c3c4n(c5ncnc(N)c35)CCCc3cc(C#C[Si](C(C)C)(C(C)C)C(C)C)ncc3-4)cc2F)n1. The third kappa shape index (κ3) is 5.43. The molecule has 0 saturated carbocycles. The van der Waals surface area contributed by atoms with Crippen LogP contribution in [0.3, 0.4) is 0 Å². The maximum Gasteiger partial charge on any atom is 0.322 e. The van der Waals surface area contributed by atoms with Crippen molar-refractivity contribution in [1.29, 1.82) is 0 Å². The highest BCUT2D eigenvalue weighted by Gasteiger charge is 2.41. The van der Waals surface area contributed by atoms with Crippen LogP contribution in [-0.4, -0.2) is 37.6 Å². The number of anilines is 1. The van der Waals surface area contributed by atoms with Crippen LogP contribution in [0.4, 0.5) is 10.2 Å². The van der Waals surface area contributed by atoms with Gasteiger partial charge in [-0.1, -0.05) is 53.5 Å². The number of hydrogen-bond acceptors (Lipinski definition) is 7. The van der Waals surface area contributed by atoms with Crippen LogP contribution >= 0.6 is 0 Å².